The number of carbonyl (C=O) groups is 2. The molecular formula is C22H25FN2O3. The molecule has 1 N–H and O–H groups in total. The van der Waals surface area contributed by atoms with Gasteiger partial charge in [-0.2, -0.15) is 0 Å². The van der Waals surface area contributed by atoms with E-state index in [1.165, 1.54) is 24.0 Å². The lowest BCUT2D eigenvalue weighted by Crippen LogP contribution is -2.44. The quantitative estimate of drug-likeness (QED) is 0.798. The number of hydrogen-bond acceptors (Lipinski definition) is 3. The molecule has 2 aromatic rings. The van der Waals surface area contributed by atoms with Crippen LogP contribution in [0, 0.1) is 5.82 Å². The molecule has 1 saturated heterocycles. The molecule has 1 aliphatic rings. The number of hydrogen-bond donors (Lipinski definition) is 1. The Labute approximate surface area is 164 Å². The van der Waals surface area contributed by atoms with Crippen molar-refractivity contribution in [2.24, 2.45) is 0 Å². The molecule has 2 aromatic carbocycles. The van der Waals surface area contributed by atoms with Crippen LogP contribution < -0.4 is 5.32 Å². The van der Waals surface area contributed by atoms with Gasteiger partial charge in [0.2, 0.25) is 11.8 Å². The number of carbonyl (C=O) groups excluding carboxylic acids is 2. The van der Waals surface area contributed by atoms with Crippen LogP contribution in [0.25, 0.3) is 0 Å². The second-order valence-corrected chi connectivity index (χ2v) is 6.97. The molecule has 0 spiro atoms. The van der Waals surface area contributed by atoms with Crippen molar-refractivity contribution in [2.75, 3.05) is 13.2 Å². The Kier molecular flexibility index (Phi) is 6.76. The van der Waals surface area contributed by atoms with Crippen molar-refractivity contribution >= 4 is 11.8 Å². The first-order valence-corrected chi connectivity index (χ1v) is 9.50. The summed E-state index contributed by atoms with van der Waals surface area (Å²) in [6, 6.07) is 14.4. The van der Waals surface area contributed by atoms with Crippen LogP contribution in [0.15, 0.2) is 54.6 Å². The minimum absolute atomic E-state index is 0.0169. The van der Waals surface area contributed by atoms with Crippen molar-refractivity contribution in [1.82, 2.24) is 10.2 Å². The molecule has 28 heavy (non-hydrogen) atoms. The second kappa shape index (κ2) is 9.46. The van der Waals surface area contributed by atoms with E-state index in [1.807, 2.05) is 30.3 Å². The highest BCUT2D eigenvalue weighted by atomic mass is 19.1. The Hall–Kier alpha value is -2.73. The molecule has 2 amide bonds. The lowest BCUT2D eigenvalue weighted by atomic mass is 10.0. The maximum Gasteiger partial charge on any atom is 0.247 e. The van der Waals surface area contributed by atoms with Crippen LogP contribution in [-0.2, 0) is 20.9 Å². The molecule has 0 aliphatic carbocycles. The number of rotatable bonds is 7. The zero-order valence-corrected chi connectivity index (χ0v) is 15.9. The first-order chi connectivity index (χ1) is 13.5. The summed E-state index contributed by atoms with van der Waals surface area (Å²) in [4.78, 5) is 27.0. The summed E-state index contributed by atoms with van der Waals surface area (Å²) >= 11 is 0. The molecule has 1 fully saturated rings. The molecule has 0 saturated carbocycles. The fourth-order valence-corrected chi connectivity index (χ4v) is 3.40. The lowest BCUT2D eigenvalue weighted by molar-refractivity contribution is -0.140. The van der Waals surface area contributed by atoms with Gasteiger partial charge in [-0.3, -0.25) is 9.59 Å². The van der Waals surface area contributed by atoms with E-state index < -0.39 is 6.04 Å². The Morgan fingerprint density at radius 1 is 1.18 bits per heavy atom. The van der Waals surface area contributed by atoms with E-state index in [4.69, 9.17) is 4.74 Å². The molecule has 1 aliphatic heterocycles. The molecule has 1 heterocycles. The fraction of sp³-hybridized carbons (Fsp3) is 0.364. The SMILES string of the molecule is CC(=O)N(Cc1ccc(F)cc1)[C@H](C(=O)NC[C@@H]1CCCO1)c1ccccc1. The predicted octanol–water partition coefficient (Wildman–Crippen LogP) is 3.21. The van der Waals surface area contributed by atoms with Gasteiger partial charge < -0.3 is 15.0 Å². The summed E-state index contributed by atoms with van der Waals surface area (Å²) in [6.07, 6.45) is 1.93. The van der Waals surface area contributed by atoms with Gasteiger partial charge in [-0.1, -0.05) is 42.5 Å². The summed E-state index contributed by atoms with van der Waals surface area (Å²) in [5.74, 6) is -0.823. The maximum absolute atomic E-state index is 13.2. The smallest absolute Gasteiger partial charge is 0.247 e. The van der Waals surface area contributed by atoms with Crippen molar-refractivity contribution < 1.29 is 18.7 Å². The van der Waals surface area contributed by atoms with Crippen molar-refractivity contribution in [3.63, 3.8) is 0 Å². The Bertz CT molecular complexity index is 789. The molecule has 0 radical (unpaired) electrons. The van der Waals surface area contributed by atoms with E-state index in [9.17, 15) is 14.0 Å². The van der Waals surface area contributed by atoms with E-state index in [0.29, 0.717) is 13.2 Å². The average molecular weight is 384 g/mol. The van der Waals surface area contributed by atoms with Gasteiger partial charge in [-0.05, 0) is 36.1 Å². The molecule has 2 atom stereocenters. The van der Waals surface area contributed by atoms with Gasteiger partial charge >= 0.3 is 0 Å². The molecule has 0 bridgehead atoms. The van der Waals surface area contributed by atoms with Crippen molar-refractivity contribution in [3.8, 4) is 0 Å². The standard InChI is InChI=1S/C22H25FN2O3/c1-16(26)25(15-17-9-11-19(23)12-10-17)21(18-6-3-2-4-7-18)22(27)24-14-20-8-5-13-28-20/h2-4,6-7,9-12,20-21H,5,8,13-15H2,1H3,(H,24,27)/t20-,21-/m0/s1. The summed E-state index contributed by atoms with van der Waals surface area (Å²) < 4.78 is 18.8. The van der Waals surface area contributed by atoms with Gasteiger partial charge in [0, 0.05) is 26.6 Å². The van der Waals surface area contributed by atoms with Crippen molar-refractivity contribution in [1.29, 1.82) is 0 Å². The highest BCUT2D eigenvalue weighted by Crippen LogP contribution is 2.24. The van der Waals surface area contributed by atoms with E-state index in [1.54, 1.807) is 12.1 Å². The van der Waals surface area contributed by atoms with E-state index in [-0.39, 0.29) is 30.3 Å². The van der Waals surface area contributed by atoms with Crippen LogP contribution in [0.1, 0.15) is 36.9 Å². The van der Waals surface area contributed by atoms with E-state index >= 15 is 0 Å². The topological polar surface area (TPSA) is 58.6 Å². The monoisotopic (exact) mass is 384 g/mol. The summed E-state index contributed by atoms with van der Waals surface area (Å²) in [6.45, 7) is 2.78. The molecule has 0 aromatic heterocycles. The van der Waals surface area contributed by atoms with E-state index in [2.05, 4.69) is 5.32 Å². The fourth-order valence-electron chi connectivity index (χ4n) is 3.40. The number of nitrogens with one attached hydrogen (secondary N) is 1. The molecule has 3 rings (SSSR count). The lowest BCUT2D eigenvalue weighted by Gasteiger charge is -2.31. The molecule has 0 unspecified atom stereocenters. The van der Waals surface area contributed by atoms with Crippen molar-refractivity contribution in [3.05, 3.63) is 71.5 Å². The zero-order valence-electron chi connectivity index (χ0n) is 15.9. The van der Waals surface area contributed by atoms with Crippen LogP contribution in [-0.4, -0.2) is 36.0 Å². The normalized spacial score (nSPS) is 17.1. The van der Waals surface area contributed by atoms with Gasteiger partial charge in [0.1, 0.15) is 11.9 Å². The minimum atomic E-state index is -0.773. The summed E-state index contributed by atoms with van der Waals surface area (Å²) in [5, 5.41) is 2.94. The van der Waals surface area contributed by atoms with Gasteiger partial charge in [0.25, 0.3) is 0 Å². The first-order valence-electron chi connectivity index (χ1n) is 9.50. The minimum Gasteiger partial charge on any atom is -0.376 e. The van der Waals surface area contributed by atoms with Gasteiger partial charge in [-0.25, -0.2) is 4.39 Å². The van der Waals surface area contributed by atoms with Crippen LogP contribution >= 0.6 is 0 Å². The highest BCUT2D eigenvalue weighted by molar-refractivity contribution is 5.88. The summed E-state index contributed by atoms with van der Waals surface area (Å²) in [5.41, 5.74) is 1.48. The number of halogens is 1. The Balaban J connectivity index is 1.82. The third-order valence-electron chi connectivity index (χ3n) is 4.87. The Morgan fingerprint density at radius 3 is 2.50 bits per heavy atom. The summed E-state index contributed by atoms with van der Waals surface area (Å²) in [7, 11) is 0. The average Bonchev–Trinajstić information content (AvgIpc) is 3.22. The van der Waals surface area contributed by atoms with Crippen LogP contribution in [0.3, 0.4) is 0 Å². The largest absolute Gasteiger partial charge is 0.376 e. The first kappa shape index (κ1) is 20.0. The Morgan fingerprint density at radius 2 is 1.89 bits per heavy atom. The molecular weight excluding hydrogens is 359 g/mol. The van der Waals surface area contributed by atoms with E-state index in [0.717, 1.165) is 24.0 Å². The second-order valence-electron chi connectivity index (χ2n) is 6.97. The van der Waals surface area contributed by atoms with Gasteiger partial charge in [-0.15, -0.1) is 0 Å². The third kappa shape index (κ3) is 5.16. The molecule has 148 valence electrons. The van der Waals surface area contributed by atoms with Gasteiger partial charge in [0.05, 0.1) is 6.10 Å². The maximum atomic E-state index is 13.2. The van der Waals surface area contributed by atoms with Crippen LogP contribution in [0.5, 0.6) is 0 Å². The zero-order chi connectivity index (χ0) is 19.9. The third-order valence-corrected chi connectivity index (χ3v) is 4.87. The van der Waals surface area contributed by atoms with Gasteiger partial charge in [0.15, 0.2) is 0 Å². The number of nitrogens with zero attached hydrogens (tertiary/aromatic N) is 1. The van der Waals surface area contributed by atoms with Crippen LogP contribution in [0.4, 0.5) is 4.39 Å². The predicted molar refractivity (Wildman–Crippen MR) is 104 cm³/mol. The van der Waals surface area contributed by atoms with Crippen molar-refractivity contribution in [2.45, 2.75) is 38.5 Å². The number of ether oxygens (including phenoxy) is 1. The molecule has 5 nitrogen and oxygen atoms in total. The number of amides is 2. The number of benzene rings is 2. The molecule has 6 heteroatoms. The highest BCUT2D eigenvalue weighted by Gasteiger charge is 2.30. The van der Waals surface area contributed by atoms with Crippen LogP contribution in [0.2, 0.25) is 0 Å².